The molecular weight excluding hydrogens is 975 g/mol. The molecule has 19 heteroatoms. The van der Waals surface area contributed by atoms with E-state index >= 15 is 0 Å². The molecule has 2 saturated heterocycles. The lowest BCUT2D eigenvalue weighted by Gasteiger charge is -2.31. The lowest BCUT2D eigenvalue weighted by atomic mass is 10.0. The first-order valence-corrected chi connectivity index (χ1v) is 26.2. The van der Waals surface area contributed by atoms with E-state index in [-0.39, 0.29) is 89.6 Å². The normalized spacial score (nSPS) is 21.2. The standard InChI is InChI=1S/C57H67N7O12/c1-33(2)22-44(61-51(65)42-8-6-19-58-42)52(66)60-37-13-9-34(10-14-37)31-76-56(70)64-45-27-50(48(73-5)25-41(45)54(68)63-32-57(17-18-57)28-46(63)55(64)69)75-21-7-20-74-49-26-43-40(24-47(49)72-4)53(67)62-30-36(23-38(62)29-59-43)35-11-15-39(71-3)16-12-35/h9-16,24-27,30,33,38,42,44,46,55,58-59,69H,6-8,17-23,28-29,31-32H2,1-5H3,(H,60,66)(H,61,65)/t38-,42-,44?,46-,55?/m0/s1. The highest BCUT2D eigenvalue weighted by Gasteiger charge is 2.58. The summed E-state index contributed by atoms with van der Waals surface area (Å²) in [6.45, 7) is 5.92. The van der Waals surface area contributed by atoms with Crippen molar-refractivity contribution in [2.75, 3.05) is 69.7 Å². The molecule has 4 aromatic rings. The molecule has 5 aliphatic heterocycles. The third-order valence-corrected chi connectivity index (χ3v) is 15.3. The third-order valence-electron chi connectivity index (χ3n) is 15.3. The predicted octanol–water partition coefficient (Wildman–Crippen LogP) is 6.93. The van der Waals surface area contributed by atoms with Gasteiger partial charge in [-0.2, -0.15) is 0 Å². The molecule has 1 saturated carbocycles. The number of hydrogen-bond acceptors (Lipinski definition) is 14. The molecule has 0 bridgehead atoms. The van der Waals surface area contributed by atoms with Gasteiger partial charge >= 0.3 is 6.09 Å². The minimum atomic E-state index is -1.43. The van der Waals surface area contributed by atoms with Crippen LogP contribution >= 0.6 is 0 Å². The van der Waals surface area contributed by atoms with E-state index in [1.807, 2.05) is 44.3 Å². The monoisotopic (exact) mass is 1040 g/mol. The molecule has 5 amide bonds. The number of amides is 5. The van der Waals surface area contributed by atoms with Crippen LogP contribution in [-0.4, -0.2) is 129 Å². The lowest BCUT2D eigenvalue weighted by Crippen LogP contribution is -2.50. The molecule has 0 radical (unpaired) electrons. The van der Waals surface area contributed by atoms with Crippen molar-refractivity contribution in [1.29, 1.82) is 0 Å². The van der Waals surface area contributed by atoms with Gasteiger partial charge in [0.1, 0.15) is 18.4 Å². The average Bonchev–Trinajstić information content (AvgIpc) is 3.73. The van der Waals surface area contributed by atoms with Gasteiger partial charge in [0.05, 0.1) is 75.2 Å². The number of anilines is 3. The number of methoxy groups -OCH3 is 3. The first-order valence-electron chi connectivity index (χ1n) is 26.2. The molecule has 3 fully saturated rings. The molecular formula is C57H67N7O12. The summed E-state index contributed by atoms with van der Waals surface area (Å²) >= 11 is 0. The van der Waals surface area contributed by atoms with Crippen LogP contribution < -0.4 is 49.9 Å². The summed E-state index contributed by atoms with van der Waals surface area (Å²) in [5, 5.41) is 24.6. The Labute approximate surface area is 442 Å². The van der Waals surface area contributed by atoms with Crippen LogP contribution in [0.1, 0.15) is 97.1 Å². The fourth-order valence-corrected chi connectivity index (χ4v) is 11.0. The number of carbonyl (C=O) groups excluding carboxylic acids is 5. The summed E-state index contributed by atoms with van der Waals surface area (Å²) < 4.78 is 35.2. The van der Waals surface area contributed by atoms with E-state index in [0.29, 0.717) is 72.8 Å². The maximum absolute atomic E-state index is 14.4. The van der Waals surface area contributed by atoms with Crippen LogP contribution in [0.5, 0.6) is 28.7 Å². The number of ether oxygens (including phenoxy) is 6. The quantitative estimate of drug-likeness (QED) is 0.0639. The second-order valence-corrected chi connectivity index (χ2v) is 21.0. The molecule has 2 unspecified atom stereocenters. The Balaban J connectivity index is 0.797. The number of carbonyl (C=O) groups is 5. The van der Waals surface area contributed by atoms with Gasteiger partial charge in [-0.3, -0.25) is 19.2 Å². The van der Waals surface area contributed by atoms with Gasteiger partial charge in [0.15, 0.2) is 29.2 Å². The van der Waals surface area contributed by atoms with E-state index in [9.17, 15) is 29.1 Å². The van der Waals surface area contributed by atoms with Crippen molar-refractivity contribution >= 4 is 52.4 Å². The number of aliphatic hydroxyl groups excluding tert-OH is 1. The summed E-state index contributed by atoms with van der Waals surface area (Å²) in [4.78, 5) is 73.6. The van der Waals surface area contributed by atoms with Crippen molar-refractivity contribution in [3.63, 3.8) is 0 Å². The first kappa shape index (κ1) is 52.0. The molecule has 10 rings (SSSR count). The van der Waals surface area contributed by atoms with E-state index in [1.165, 1.54) is 20.3 Å². The SMILES string of the molecule is COc1ccc(C2=CN3C(=O)c4cc(OC)c(OCCCOc5cc6c(cc5OC)C(=O)N5CC7(CC7)C[C@H]5C(O)N6C(=O)OCc5ccc(NC(=O)C(CC(C)C)NC(=O)[C@@H]6CCCN6)cc5)cc4NC[C@@H]3C2)cc1. The molecule has 5 N–H and O–H groups in total. The number of rotatable bonds is 18. The summed E-state index contributed by atoms with van der Waals surface area (Å²) in [6, 6.07) is 19.4. The van der Waals surface area contributed by atoms with Gasteiger partial charge in [-0.1, -0.05) is 38.1 Å². The zero-order chi connectivity index (χ0) is 53.3. The van der Waals surface area contributed by atoms with Gasteiger partial charge in [-0.05, 0) is 116 Å². The molecule has 1 spiro atoms. The second-order valence-electron chi connectivity index (χ2n) is 21.0. The van der Waals surface area contributed by atoms with E-state index in [0.717, 1.165) is 54.0 Å². The zero-order valence-corrected chi connectivity index (χ0v) is 43.6. The van der Waals surface area contributed by atoms with Gasteiger partial charge in [0.2, 0.25) is 11.8 Å². The number of hydrogen-bond donors (Lipinski definition) is 5. The molecule has 5 heterocycles. The van der Waals surface area contributed by atoms with Gasteiger partial charge in [-0.25, -0.2) is 9.69 Å². The third kappa shape index (κ3) is 10.8. The molecule has 4 aromatic carbocycles. The maximum Gasteiger partial charge on any atom is 0.416 e. The molecule has 19 nitrogen and oxygen atoms in total. The highest BCUT2D eigenvalue weighted by atomic mass is 16.6. The van der Waals surface area contributed by atoms with Crippen molar-refractivity contribution < 1.29 is 57.5 Å². The Hall–Kier alpha value is -7.51. The van der Waals surface area contributed by atoms with Gasteiger partial charge < -0.3 is 64.6 Å². The van der Waals surface area contributed by atoms with E-state index < -0.39 is 24.4 Å². The molecule has 6 aliphatic rings. The van der Waals surface area contributed by atoms with Crippen LogP contribution in [0.3, 0.4) is 0 Å². The molecule has 402 valence electrons. The lowest BCUT2D eigenvalue weighted by molar-refractivity contribution is -0.128. The highest BCUT2D eigenvalue weighted by Crippen LogP contribution is 2.57. The highest BCUT2D eigenvalue weighted by molar-refractivity contribution is 6.06. The predicted molar refractivity (Wildman–Crippen MR) is 283 cm³/mol. The average molecular weight is 1040 g/mol. The summed E-state index contributed by atoms with van der Waals surface area (Å²) in [7, 11) is 4.62. The topological polar surface area (TPSA) is 219 Å². The second kappa shape index (κ2) is 22.0. The van der Waals surface area contributed by atoms with Crippen molar-refractivity contribution in [3.05, 3.63) is 101 Å². The molecule has 0 aromatic heterocycles. The van der Waals surface area contributed by atoms with Crippen LogP contribution in [-0.2, 0) is 20.9 Å². The van der Waals surface area contributed by atoms with E-state index in [2.05, 4.69) is 21.3 Å². The molecule has 1 aliphatic carbocycles. The van der Waals surface area contributed by atoms with Crippen molar-refractivity contribution in [2.24, 2.45) is 11.3 Å². The Kier molecular flexibility index (Phi) is 15.0. The van der Waals surface area contributed by atoms with Crippen LogP contribution in [0.25, 0.3) is 5.57 Å². The molecule has 5 atom stereocenters. The zero-order valence-electron chi connectivity index (χ0n) is 43.6. The Bertz CT molecular complexity index is 2880. The summed E-state index contributed by atoms with van der Waals surface area (Å²) in [5.74, 6) is 1.27. The number of aliphatic hydroxyl groups is 1. The number of nitrogens with zero attached hydrogens (tertiary/aromatic N) is 3. The van der Waals surface area contributed by atoms with Gasteiger partial charge in [-0.15, -0.1) is 0 Å². The molecule has 76 heavy (non-hydrogen) atoms. The fraction of sp³-hybridized carbons (Fsp3) is 0.456. The number of nitrogens with one attached hydrogen (secondary N) is 4. The fourth-order valence-electron chi connectivity index (χ4n) is 11.0. The Morgan fingerprint density at radius 2 is 1.57 bits per heavy atom. The van der Waals surface area contributed by atoms with E-state index in [4.69, 9.17) is 28.4 Å². The summed E-state index contributed by atoms with van der Waals surface area (Å²) in [5.41, 5.74) is 4.49. The van der Waals surface area contributed by atoms with Gasteiger partial charge in [0.25, 0.3) is 11.8 Å². The largest absolute Gasteiger partial charge is 0.497 e. The first-order chi connectivity index (χ1) is 36.7. The van der Waals surface area contributed by atoms with Crippen LogP contribution in [0.2, 0.25) is 0 Å². The number of fused-ring (bicyclic) bond motifs is 4. The minimum absolute atomic E-state index is 0.0802. The smallest absolute Gasteiger partial charge is 0.416 e. The van der Waals surface area contributed by atoms with Crippen LogP contribution in [0.4, 0.5) is 21.9 Å². The van der Waals surface area contributed by atoms with Crippen molar-refractivity contribution in [2.45, 2.75) is 102 Å². The van der Waals surface area contributed by atoms with Gasteiger partial charge in [0, 0.05) is 43.5 Å². The minimum Gasteiger partial charge on any atom is -0.497 e. The Morgan fingerprint density at radius 3 is 2.22 bits per heavy atom. The number of benzene rings is 4. The Morgan fingerprint density at radius 1 is 0.855 bits per heavy atom. The maximum atomic E-state index is 14.4. The van der Waals surface area contributed by atoms with Crippen LogP contribution in [0, 0.1) is 11.3 Å². The van der Waals surface area contributed by atoms with Crippen molar-refractivity contribution in [3.8, 4) is 28.7 Å². The summed E-state index contributed by atoms with van der Waals surface area (Å²) in [6.07, 6.45) is 5.20. The van der Waals surface area contributed by atoms with Crippen molar-refractivity contribution in [1.82, 2.24) is 20.4 Å². The van der Waals surface area contributed by atoms with E-state index in [1.54, 1.807) is 59.4 Å². The van der Waals surface area contributed by atoms with Crippen LogP contribution in [0.15, 0.2) is 79.0 Å².